The van der Waals surface area contributed by atoms with Crippen molar-refractivity contribution in [3.05, 3.63) is 52.0 Å². The lowest BCUT2D eigenvalue weighted by atomic mass is 10.1. The first kappa shape index (κ1) is 14.4. The van der Waals surface area contributed by atoms with Crippen molar-refractivity contribution in [1.82, 2.24) is 0 Å². The van der Waals surface area contributed by atoms with Crippen molar-refractivity contribution >= 4 is 33.2 Å². The minimum atomic E-state index is -0.188. The molecule has 4 nitrogen and oxygen atoms in total. The summed E-state index contributed by atoms with van der Waals surface area (Å²) in [7, 11) is 1.53. The second-order valence-electron chi connectivity index (χ2n) is 4.35. The maximum absolute atomic E-state index is 12.3. The van der Waals surface area contributed by atoms with Crippen LogP contribution in [0.25, 0.3) is 0 Å². The Morgan fingerprint density at radius 2 is 2.00 bits per heavy atom. The van der Waals surface area contributed by atoms with Gasteiger partial charge in [-0.25, -0.2) is 0 Å². The summed E-state index contributed by atoms with van der Waals surface area (Å²) in [6, 6.07) is 10.8. The fourth-order valence-electron chi connectivity index (χ4n) is 1.89. The molecular formula is C15H15BrN2O2. The molecule has 2 aromatic carbocycles. The highest BCUT2D eigenvalue weighted by atomic mass is 79.9. The molecule has 2 aromatic rings. The van der Waals surface area contributed by atoms with Gasteiger partial charge >= 0.3 is 0 Å². The number of halogens is 1. The average molecular weight is 335 g/mol. The molecule has 0 saturated carbocycles. The van der Waals surface area contributed by atoms with Gasteiger partial charge in [0.25, 0.3) is 5.91 Å². The van der Waals surface area contributed by atoms with Crippen LogP contribution in [0.15, 0.2) is 40.9 Å². The summed E-state index contributed by atoms with van der Waals surface area (Å²) >= 11 is 3.38. The number of hydrogen-bond donors (Lipinski definition) is 2. The maximum Gasteiger partial charge on any atom is 0.256 e. The minimum absolute atomic E-state index is 0.188. The first-order chi connectivity index (χ1) is 9.52. The second-order valence-corrected chi connectivity index (χ2v) is 5.20. The van der Waals surface area contributed by atoms with E-state index in [1.807, 2.05) is 25.1 Å². The van der Waals surface area contributed by atoms with Gasteiger partial charge in [0.05, 0.1) is 12.8 Å². The summed E-state index contributed by atoms with van der Waals surface area (Å²) in [5.74, 6) is 0.325. The van der Waals surface area contributed by atoms with E-state index >= 15 is 0 Å². The van der Waals surface area contributed by atoms with Crippen LogP contribution >= 0.6 is 15.9 Å². The van der Waals surface area contributed by atoms with Crippen molar-refractivity contribution in [2.75, 3.05) is 18.2 Å². The van der Waals surface area contributed by atoms with Crippen LogP contribution in [-0.4, -0.2) is 13.0 Å². The van der Waals surface area contributed by atoms with Crippen LogP contribution in [0.2, 0.25) is 0 Å². The topological polar surface area (TPSA) is 64.3 Å². The van der Waals surface area contributed by atoms with E-state index < -0.39 is 0 Å². The Morgan fingerprint density at radius 3 is 2.65 bits per heavy atom. The highest BCUT2D eigenvalue weighted by Gasteiger charge is 2.14. The molecule has 104 valence electrons. The molecule has 0 saturated heterocycles. The zero-order valence-corrected chi connectivity index (χ0v) is 12.8. The van der Waals surface area contributed by atoms with Crippen molar-refractivity contribution in [2.45, 2.75) is 6.92 Å². The van der Waals surface area contributed by atoms with Crippen molar-refractivity contribution < 1.29 is 9.53 Å². The molecule has 0 heterocycles. The van der Waals surface area contributed by atoms with E-state index in [1.165, 1.54) is 7.11 Å². The summed E-state index contributed by atoms with van der Waals surface area (Å²) in [5, 5.41) is 2.85. The molecular weight excluding hydrogens is 320 g/mol. The molecule has 0 bridgehead atoms. The summed E-state index contributed by atoms with van der Waals surface area (Å²) in [6.07, 6.45) is 0. The molecule has 0 atom stereocenters. The summed E-state index contributed by atoms with van der Waals surface area (Å²) in [4.78, 5) is 12.3. The lowest BCUT2D eigenvalue weighted by Gasteiger charge is -2.14. The van der Waals surface area contributed by atoms with Gasteiger partial charge in [0.2, 0.25) is 0 Å². The van der Waals surface area contributed by atoms with Gasteiger partial charge < -0.3 is 15.8 Å². The van der Waals surface area contributed by atoms with Crippen LogP contribution in [-0.2, 0) is 0 Å². The van der Waals surface area contributed by atoms with Gasteiger partial charge in [0.1, 0.15) is 5.75 Å². The molecule has 0 aliphatic heterocycles. The van der Waals surface area contributed by atoms with Crippen LogP contribution in [0, 0.1) is 6.92 Å². The molecule has 1 amide bonds. The summed E-state index contributed by atoms with van der Waals surface area (Å²) in [6.45, 7) is 1.89. The van der Waals surface area contributed by atoms with Crippen LogP contribution in [0.1, 0.15) is 15.9 Å². The number of amides is 1. The third kappa shape index (κ3) is 2.93. The Morgan fingerprint density at radius 1 is 1.30 bits per heavy atom. The fourth-order valence-corrected chi connectivity index (χ4v) is 2.45. The number of nitrogen functional groups attached to an aromatic ring is 1. The lowest BCUT2D eigenvalue weighted by molar-refractivity contribution is 0.102. The first-order valence-electron chi connectivity index (χ1n) is 6.03. The Balaban J connectivity index is 2.35. The molecule has 0 spiro atoms. The number of nitrogens with one attached hydrogen (secondary N) is 1. The molecule has 2 rings (SSSR count). The van der Waals surface area contributed by atoms with Crippen molar-refractivity contribution in [3.63, 3.8) is 0 Å². The van der Waals surface area contributed by atoms with Gasteiger partial charge in [-0.15, -0.1) is 0 Å². The first-order valence-corrected chi connectivity index (χ1v) is 6.82. The van der Waals surface area contributed by atoms with E-state index in [2.05, 4.69) is 21.2 Å². The van der Waals surface area contributed by atoms with Crippen LogP contribution < -0.4 is 15.8 Å². The Bertz CT molecular complexity index is 656. The van der Waals surface area contributed by atoms with Gasteiger partial charge in [0.15, 0.2) is 0 Å². The average Bonchev–Trinajstić information content (AvgIpc) is 2.41. The number of ether oxygens (including phenoxy) is 1. The highest BCUT2D eigenvalue weighted by Crippen LogP contribution is 2.35. The number of nitrogens with two attached hydrogens (primary N) is 1. The molecule has 0 fully saturated rings. The van der Waals surface area contributed by atoms with Gasteiger partial charge in [-0.2, -0.15) is 0 Å². The molecule has 0 unspecified atom stereocenters. The van der Waals surface area contributed by atoms with E-state index in [4.69, 9.17) is 10.5 Å². The van der Waals surface area contributed by atoms with E-state index in [0.29, 0.717) is 27.2 Å². The van der Waals surface area contributed by atoms with Crippen molar-refractivity contribution in [1.29, 1.82) is 0 Å². The van der Waals surface area contributed by atoms with E-state index in [9.17, 15) is 4.79 Å². The van der Waals surface area contributed by atoms with Crippen LogP contribution in [0.3, 0.4) is 0 Å². The predicted molar refractivity (Wildman–Crippen MR) is 84.2 cm³/mol. The van der Waals surface area contributed by atoms with Crippen molar-refractivity contribution in [3.8, 4) is 5.75 Å². The zero-order valence-electron chi connectivity index (χ0n) is 11.2. The SMILES string of the molecule is COc1cc(N)cc(Br)c1NC(=O)c1ccccc1C. The molecule has 0 aliphatic carbocycles. The summed E-state index contributed by atoms with van der Waals surface area (Å²) in [5.41, 5.74) is 8.41. The fraction of sp³-hybridized carbons (Fsp3) is 0.133. The predicted octanol–water partition coefficient (Wildman–Crippen LogP) is 3.60. The normalized spacial score (nSPS) is 10.2. The van der Waals surface area contributed by atoms with Gasteiger partial charge in [-0.05, 0) is 40.5 Å². The van der Waals surface area contributed by atoms with Gasteiger partial charge in [0, 0.05) is 21.8 Å². The van der Waals surface area contributed by atoms with Crippen LogP contribution in [0.4, 0.5) is 11.4 Å². The standard InChI is InChI=1S/C15H15BrN2O2/c1-9-5-3-4-6-11(9)15(19)18-14-12(16)7-10(17)8-13(14)20-2/h3-8H,17H2,1-2H3,(H,18,19). The number of carbonyl (C=O) groups is 1. The van der Waals surface area contributed by atoms with Crippen molar-refractivity contribution in [2.24, 2.45) is 0 Å². The number of carbonyl (C=O) groups excluding carboxylic acids is 1. The van der Waals surface area contributed by atoms with E-state index in [-0.39, 0.29) is 5.91 Å². The Labute approximate surface area is 126 Å². The number of methoxy groups -OCH3 is 1. The van der Waals surface area contributed by atoms with Gasteiger partial charge in [-0.3, -0.25) is 4.79 Å². The highest BCUT2D eigenvalue weighted by molar-refractivity contribution is 9.10. The van der Waals surface area contributed by atoms with E-state index in [1.54, 1.807) is 18.2 Å². The maximum atomic E-state index is 12.3. The van der Waals surface area contributed by atoms with Crippen LogP contribution in [0.5, 0.6) is 5.75 Å². The molecule has 0 aliphatic rings. The number of aryl methyl sites for hydroxylation is 1. The number of anilines is 2. The molecule has 20 heavy (non-hydrogen) atoms. The largest absolute Gasteiger partial charge is 0.494 e. The minimum Gasteiger partial charge on any atom is -0.494 e. The number of rotatable bonds is 3. The smallest absolute Gasteiger partial charge is 0.256 e. The molecule has 0 aromatic heterocycles. The Hall–Kier alpha value is -2.01. The quantitative estimate of drug-likeness (QED) is 0.843. The monoisotopic (exact) mass is 334 g/mol. The number of hydrogen-bond acceptors (Lipinski definition) is 3. The Kier molecular flexibility index (Phi) is 4.29. The molecule has 3 N–H and O–H groups in total. The third-order valence-electron chi connectivity index (χ3n) is 2.92. The third-order valence-corrected chi connectivity index (χ3v) is 3.55. The molecule has 0 radical (unpaired) electrons. The zero-order chi connectivity index (χ0) is 14.7. The molecule has 5 heteroatoms. The summed E-state index contributed by atoms with van der Waals surface area (Å²) < 4.78 is 5.93. The number of benzene rings is 2. The van der Waals surface area contributed by atoms with E-state index in [0.717, 1.165) is 5.56 Å². The second kappa shape index (κ2) is 5.96. The lowest BCUT2D eigenvalue weighted by Crippen LogP contribution is -2.14. The van der Waals surface area contributed by atoms with Gasteiger partial charge in [-0.1, -0.05) is 18.2 Å².